The Kier molecular flexibility index (Phi) is 4.34. The number of rotatable bonds is 4. The van der Waals surface area contributed by atoms with Gasteiger partial charge in [-0.15, -0.1) is 0 Å². The number of carbonyl (C=O) groups excluding carboxylic acids is 1. The molecular formula is C27H28FN3O. The van der Waals surface area contributed by atoms with Crippen LogP contribution in [0.25, 0.3) is 10.8 Å². The van der Waals surface area contributed by atoms with E-state index in [1.165, 1.54) is 12.5 Å². The SMILES string of the molecule is Cc1ccc(N2CC3CC2CN3C)cc1C(=O)NC1(c2ccc(F)c3ccccc23)CC1. The highest BCUT2D eigenvalue weighted by molar-refractivity contribution is 5.98. The van der Waals surface area contributed by atoms with E-state index < -0.39 is 5.54 Å². The molecule has 1 saturated carbocycles. The van der Waals surface area contributed by atoms with Gasteiger partial charge >= 0.3 is 0 Å². The quantitative estimate of drug-likeness (QED) is 0.659. The molecule has 2 bridgehead atoms. The van der Waals surface area contributed by atoms with E-state index in [4.69, 9.17) is 0 Å². The predicted molar refractivity (Wildman–Crippen MR) is 126 cm³/mol. The van der Waals surface area contributed by atoms with Gasteiger partial charge in [-0.25, -0.2) is 4.39 Å². The Morgan fingerprint density at radius 2 is 1.81 bits per heavy atom. The van der Waals surface area contributed by atoms with Crippen molar-refractivity contribution in [3.8, 4) is 0 Å². The molecule has 3 aliphatic rings. The number of hydrogen-bond acceptors (Lipinski definition) is 3. The maximum atomic E-state index is 14.3. The Bertz CT molecular complexity index is 1230. The molecule has 0 aromatic heterocycles. The van der Waals surface area contributed by atoms with E-state index in [1.54, 1.807) is 6.07 Å². The lowest BCUT2D eigenvalue weighted by Gasteiger charge is -2.34. The number of nitrogens with one attached hydrogen (secondary N) is 1. The van der Waals surface area contributed by atoms with Gasteiger partial charge in [-0.3, -0.25) is 9.69 Å². The monoisotopic (exact) mass is 429 g/mol. The summed E-state index contributed by atoms with van der Waals surface area (Å²) >= 11 is 0. The highest BCUT2D eigenvalue weighted by Gasteiger charge is 2.47. The summed E-state index contributed by atoms with van der Waals surface area (Å²) in [4.78, 5) is 18.4. The van der Waals surface area contributed by atoms with Crippen molar-refractivity contribution in [1.29, 1.82) is 0 Å². The van der Waals surface area contributed by atoms with Crippen LogP contribution in [0, 0.1) is 12.7 Å². The number of carbonyl (C=O) groups is 1. The van der Waals surface area contributed by atoms with Gasteiger partial charge in [-0.05, 0) is 67.9 Å². The Labute approximate surface area is 188 Å². The smallest absolute Gasteiger partial charge is 0.252 e. The number of anilines is 1. The summed E-state index contributed by atoms with van der Waals surface area (Å²) in [5.41, 5.74) is 3.45. The average molecular weight is 430 g/mol. The molecule has 4 nitrogen and oxygen atoms in total. The van der Waals surface area contributed by atoms with Crippen LogP contribution in [0.15, 0.2) is 54.6 Å². The fourth-order valence-electron chi connectivity index (χ4n) is 5.77. The molecule has 5 heteroatoms. The van der Waals surface area contributed by atoms with Gasteiger partial charge in [0.05, 0.1) is 5.54 Å². The lowest BCUT2D eigenvalue weighted by atomic mass is 9.96. The number of piperazine rings is 1. The largest absolute Gasteiger partial charge is 0.366 e. The van der Waals surface area contributed by atoms with Gasteiger partial charge in [0.1, 0.15) is 5.82 Å². The standard InChI is InChI=1S/C27H28FN3O/c1-17-7-8-18(31-16-19-13-20(31)15-30(19)2)14-23(17)26(32)29-27(11-12-27)24-9-10-25(28)22-6-4-3-5-21(22)24/h3-10,14,19-20H,11-13,15-16H2,1-2H3,(H,29,32). The van der Waals surface area contributed by atoms with Crippen molar-refractivity contribution in [3.05, 3.63) is 77.1 Å². The van der Waals surface area contributed by atoms with Crippen molar-refractivity contribution in [3.63, 3.8) is 0 Å². The molecule has 2 saturated heterocycles. The third-order valence-electron chi connectivity index (χ3n) is 7.80. The van der Waals surface area contributed by atoms with E-state index >= 15 is 0 Å². The molecule has 2 unspecified atom stereocenters. The molecule has 0 radical (unpaired) electrons. The lowest BCUT2D eigenvalue weighted by Crippen LogP contribution is -2.44. The van der Waals surface area contributed by atoms with Crippen molar-refractivity contribution < 1.29 is 9.18 Å². The van der Waals surface area contributed by atoms with Crippen molar-refractivity contribution in [2.24, 2.45) is 0 Å². The summed E-state index contributed by atoms with van der Waals surface area (Å²) < 4.78 is 14.3. The first-order chi connectivity index (χ1) is 15.4. The minimum atomic E-state index is -0.414. The van der Waals surface area contributed by atoms with E-state index in [9.17, 15) is 9.18 Å². The zero-order chi connectivity index (χ0) is 22.0. The Hall–Kier alpha value is -2.92. The Balaban J connectivity index is 1.30. The minimum Gasteiger partial charge on any atom is -0.366 e. The molecule has 32 heavy (non-hydrogen) atoms. The number of nitrogens with zero attached hydrogens (tertiary/aromatic N) is 2. The van der Waals surface area contributed by atoms with E-state index in [0.717, 1.165) is 53.7 Å². The van der Waals surface area contributed by atoms with Crippen LogP contribution in [0.4, 0.5) is 10.1 Å². The summed E-state index contributed by atoms with van der Waals surface area (Å²) in [6.45, 7) is 4.10. The third kappa shape index (κ3) is 3.02. The zero-order valence-corrected chi connectivity index (χ0v) is 18.6. The molecule has 0 spiro atoms. The second-order valence-corrected chi connectivity index (χ2v) is 9.81. The first-order valence-corrected chi connectivity index (χ1v) is 11.5. The first kappa shape index (κ1) is 19.7. The van der Waals surface area contributed by atoms with Crippen molar-refractivity contribution in [1.82, 2.24) is 10.2 Å². The molecule has 6 rings (SSSR count). The van der Waals surface area contributed by atoms with Crippen LogP contribution in [0.1, 0.15) is 40.7 Å². The van der Waals surface area contributed by atoms with E-state index in [-0.39, 0.29) is 11.7 Å². The molecule has 2 heterocycles. The normalized spacial score (nSPS) is 23.7. The van der Waals surface area contributed by atoms with E-state index in [2.05, 4.69) is 40.4 Å². The second-order valence-electron chi connectivity index (χ2n) is 9.81. The number of amides is 1. The van der Waals surface area contributed by atoms with Gasteiger partial charge in [0.2, 0.25) is 0 Å². The number of halogens is 1. The molecule has 2 aliphatic heterocycles. The minimum absolute atomic E-state index is 0.0447. The maximum absolute atomic E-state index is 14.3. The molecular weight excluding hydrogens is 401 g/mol. The maximum Gasteiger partial charge on any atom is 0.252 e. The van der Waals surface area contributed by atoms with Crippen molar-refractivity contribution >= 4 is 22.4 Å². The summed E-state index contributed by atoms with van der Waals surface area (Å²) in [6.07, 6.45) is 2.94. The Morgan fingerprint density at radius 3 is 2.50 bits per heavy atom. The fraction of sp³-hybridized carbons (Fsp3) is 0.370. The molecule has 3 aromatic carbocycles. The highest BCUT2D eigenvalue weighted by atomic mass is 19.1. The summed E-state index contributed by atoms with van der Waals surface area (Å²) in [6, 6.07) is 18.3. The van der Waals surface area contributed by atoms with Gasteiger partial charge in [-0.2, -0.15) is 0 Å². The number of likely N-dealkylation sites (N-methyl/N-ethyl adjacent to an activating group) is 1. The van der Waals surface area contributed by atoms with Crippen LogP contribution in [0.2, 0.25) is 0 Å². The van der Waals surface area contributed by atoms with Crippen LogP contribution >= 0.6 is 0 Å². The second kappa shape index (κ2) is 7.04. The van der Waals surface area contributed by atoms with E-state index in [0.29, 0.717) is 17.5 Å². The van der Waals surface area contributed by atoms with Gasteiger partial charge in [0.15, 0.2) is 0 Å². The number of aryl methyl sites for hydroxylation is 1. The zero-order valence-electron chi connectivity index (χ0n) is 18.6. The molecule has 164 valence electrons. The summed E-state index contributed by atoms with van der Waals surface area (Å²) in [5, 5.41) is 4.81. The molecule has 3 aromatic rings. The predicted octanol–water partition coefficient (Wildman–Crippen LogP) is 4.60. The van der Waals surface area contributed by atoms with Crippen molar-refractivity contribution in [2.45, 2.75) is 43.8 Å². The molecule has 2 atom stereocenters. The number of hydrogen-bond donors (Lipinski definition) is 1. The summed E-state index contributed by atoms with van der Waals surface area (Å²) in [7, 11) is 2.20. The molecule has 1 N–H and O–H groups in total. The number of benzene rings is 3. The average Bonchev–Trinajstić information content (AvgIpc) is 3.30. The van der Waals surface area contributed by atoms with Crippen LogP contribution in [-0.2, 0) is 5.54 Å². The van der Waals surface area contributed by atoms with Crippen molar-refractivity contribution in [2.75, 3.05) is 25.0 Å². The third-order valence-corrected chi connectivity index (χ3v) is 7.80. The van der Waals surface area contributed by atoms with Gasteiger partial charge in [0, 0.05) is 41.8 Å². The summed E-state index contributed by atoms with van der Waals surface area (Å²) in [5.74, 6) is -0.266. The lowest BCUT2D eigenvalue weighted by molar-refractivity contribution is 0.0930. The van der Waals surface area contributed by atoms with E-state index in [1.807, 2.05) is 31.2 Å². The fourth-order valence-corrected chi connectivity index (χ4v) is 5.77. The number of fused-ring (bicyclic) bond motifs is 3. The molecule has 1 amide bonds. The molecule has 3 fully saturated rings. The van der Waals surface area contributed by atoms with Gasteiger partial charge in [-0.1, -0.05) is 36.4 Å². The topological polar surface area (TPSA) is 35.6 Å². The number of likely N-dealkylation sites (tertiary alicyclic amines) is 1. The molecule has 1 aliphatic carbocycles. The highest BCUT2D eigenvalue weighted by Crippen LogP contribution is 2.48. The van der Waals surface area contributed by atoms with Crippen LogP contribution in [0.3, 0.4) is 0 Å². The van der Waals surface area contributed by atoms with Gasteiger partial charge in [0.25, 0.3) is 5.91 Å². The Morgan fingerprint density at radius 1 is 1.03 bits per heavy atom. The van der Waals surface area contributed by atoms with Crippen LogP contribution in [0.5, 0.6) is 0 Å². The van der Waals surface area contributed by atoms with Crippen LogP contribution < -0.4 is 10.2 Å². The van der Waals surface area contributed by atoms with Crippen LogP contribution in [-0.4, -0.2) is 43.0 Å². The first-order valence-electron chi connectivity index (χ1n) is 11.5. The van der Waals surface area contributed by atoms with Gasteiger partial charge < -0.3 is 10.2 Å².